The molecule has 0 heterocycles. The number of carbonyl (C=O) groups excluding carboxylic acids is 1. The summed E-state index contributed by atoms with van der Waals surface area (Å²) >= 11 is 0. The number of carbonyl (C=O) groups is 1. The van der Waals surface area contributed by atoms with Crippen LogP contribution >= 0.6 is 0 Å². The Labute approximate surface area is 106 Å². The van der Waals surface area contributed by atoms with Crippen molar-refractivity contribution in [3.05, 3.63) is 12.2 Å². The van der Waals surface area contributed by atoms with Crippen LogP contribution in [0.25, 0.3) is 0 Å². The van der Waals surface area contributed by atoms with Gasteiger partial charge in [0.15, 0.2) is 0 Å². The molecule has 5 heteroatoms. The Morgan fingerprint density at radius 2 is 1.76 bits per heavy atom. The van der Waals surface area contributed by atoms with Crippen molar-refractivity contribution < 1.29 is 19.0 Å². The molecule has 0 amide bonds. The van der Waals surface area contributed by atoms with Crippen LogP contribution in [0.4, 0.5) is 0 Å². The van der Waals surface area contributed by atoms with E-state index >= 15 is 0 Å². The third-order valence-corrected chi connectivity index (χ3v) is 3.33. The summed E-state index contributed by atoms with van der Waals surface area (Å²) in [6.45, 7) is 10.7. The van der Waals surface area contributed by atoms with Gasteiger partial charge in [0.25, 0.3) is 0 Å². The predicted molar refractivity (Wildman–Crippen MR) is 70.6 cm³/mol. The lowest BCUT2D eigenvalue weighted by molar-refractivity contribution is -0.137. The van der Waals surface area contributed by atoms with Crippen molar-refractivity contribution >= 4 is 15.5 Å². The first-order chi connectivity index (χ1) is 8.11. The molecule has 0 aliphatic heterocycles. The minimum Gasteiger partial charge on any atom is -0.467 e. The van der Waals surface area contributed by atoms with Crippen LogP contribution in [0, 0.1) is 0 Å². The molecule has 0 unspecified atom stereocenters. The highest BCUT2D eigenvalue weighted by atomic mass is 28.2. The first-order valence-corrected chi connectivity index (χ1v) is 7.99. The number of ether oxygens (including phenoxy) is 3. The van der Waals surface area contributed by atoms with Gasteiger partial charge in [0.05, 0.1) is 6.23 Å². The Morgan fingerprint density at radius 3 is 2.18 bits per heavy atom. The Hall–Kier alpha value is -0.653. The third-order valence-electron chi connectivity index (χ3n) is 1.95. The number of rotatable bonds is 10. The SMILES string of the molecule is C=C(C)C(=O)OC[SiH2]C(OCCC)OCCC. The molecular formula is C12H24O4Si. The summed E-state index contributed by atoms with van der Waals surface area (Å²) in [4.78, 5) is 11.2. The average Bonchev–Trinajstić information content (AvgIpc) is 2.31. The molecule has 0 aromatic carbocycles. The van der Waals surface area contributed by atoms with E-state index in [1.807, 2.05) is 0 Å². The lowest BCUT2D eigenvalue weighted by Gasteiger charge is -2.17. The van der Waals surface area contributed by atoms with E-state index in [2.05, 4.69) is 20.4 Å². The van der Waals surface area contributed by atoms with E-state index in [0.29, 0.717) is 25.0 Å². The van der Waals surface area contributed by atoms with Gasteiger partial charge in [-0.1, -0.05) is 20.4 Å². The maximum absolute atomic E-state index is 11.2. The fraction of sp³-hybridized carbons (Fsp3) is 0.750. The van der Waals surface area contributed by atoms with Crippen LogP contribution in [0.5, 0.6) is 0 Å². The zero-order valence-corrected chi connectivity index (χ0v) is 12.6. The fourth-order valence-electron chi connectivity index (χ4n) is 1.08. The highest BCUT2D eigenvalue weighted by Gasteiger charge is 2.11. The van der Waals surface area contributed by atoms with Crippen LogP contribution in [0.15, 0.2) is 12.2 Å². The van der Waals surface area contributed by atoms with E-state index in [-0.39, 0.29) is 11.9 Å². The first-order valence-electron chi connectivity index (χ1n) is 6.17. The highest BCUT2D eigenvalue weighted by Crippen LogP contribution is 1.98. The van der Waals surface area contributed by atoms with Gasteiger partial charge < -0.3 is 14.2 Å². The summed E-state index contributed by atoms with van der Waals surface area (Å²) in [6, 6.07) is 0. The monoisotopic (exact) mass is 260 g/mol. The molecule has 4 nitrogen and oxygen atoms in total. The first kappa shape index (κ1) is 16.3. The van der Waals surface area contributed by atoms with Crippen molar-refractivity contribution in [2.45, 2.75) is 39.5 Å². The Bertz CT molecular complexity index is 223. The highest BCUT2D eigenvalue weighted by molar-refractivity contribution is 6.36. The van der Waals surface area contributed by atoms with Crippen molar-refractivity contribution in [2.24, 2.45) is 0 Å². The molecule has 0 bridgehead atoms. The molecule has 100 valence electrons. The van der Waals surface area contributed by atoms with Crippen molar-refractivity contribution in [1.29, 1.82) is 0 Å². The minimum absolute atomic E-state index is 0.146. The summed E-state index contributed by atoms with van der Waals surface area (Å²) in [7, 11) is -0.719. The van der Waals surface area contributed by atoms with Gasteiger partial charge in [-0.15, -0.1) is 0 Å². The molecule has 0 saturated heterocycles. The molecule has 0 N–H and O–H groups in total. The molecular weight excluding hydrogens is 236 g/mol. The second-order valence-electron chi connectivity index (χ2n) is 3.88. The summed E-state index contributed by atoms with van der Waals surface area (Å²) < 4.78 is 16.2. The average molecular weight is 260 g/mol. The van der Waals surface area contributed by atoms with E-state index < -0.39 is 9.52 Å². The van der Waals surface area contributed by atoms with Crippen LogP contribution < -0.4 is 0 Å². The van der Waals surface area contributed by atoms with E-state index in [0.717, 1.165) is 12.8 Å². The van der Waals surface area contributed by atoms with E-state index in [4.69, 9.17) is 14.2 Å². The van der Waals surface area contributed by atoms with E-state index in [9.17, 15) is 4.79 Å². The summed E-state index contributed by atoms with van der Waals surface area (Å²) in [5.74, 6) is -0.477. The summed E-state index contributed by atoms with van der Waals surface area (Å²) in [6.07, 6.45) is 2.36. The molecule has 17 heavy (non-hydrogen) atoms. The van der Waals surface area contributed by atoms with Gasteiger partial charge in [-0.25, -0.2) is 4.79 Å². The standard InChI is InChI=1S/C12H24O4Si/c1-5-7-14-12(15-8-6-2)17-9-16-11(13)10(3)4/h12H,3,5-9,17H2,1-2,4H3. The van der Waals surface area contributed by atoms with Gasteiger partial charge in [-0.05, 0) is 19.8 Å². The predicted octanol–water partition coefficient (Wildman–Crippen LogP) is 1.37. The van der Waals surface area contributed by atoms with Gasteiger partial charge in [0.2, 0.25) is 0 Å². The summed E-state index contributed by atoms with van der Waals surface area (Å²) in [5, 5.41) is 0. The second-order valence-corrected chi connectivity index (χ2v) is 5.53. The molecule has 0 atom stereocenters. The number of hydrogen-bond donors (Lipinski definition) is 0. The van der Waals surface area contributed by atoms with Crippen molar-refractivity contribution in [3.63, 3.8) is 0 Å². The molecule has 0 aromatic heterocycles. The maximum Gasteiger partial charge on any atom is 0.332 e. The zero-order chi connectivity index (χ0) is 13.1. The molecule has 0 aliphatic carbocycles. The van der Waals surface area contributed by atoms with Gasteiger partial charge in [0, 0.05) is 18.8 Å². The topological polar surface area (TPSA) is 44.8 Å². The van der Waals surface area contributed by atoms with Crippen LogP contribution in [0.2, 0.25) is 0 Å². The summed E-state index contributed by atoms with van der Waals surface area (Å²) in [5.41, 5.74) is 0.430. The molecule has 0 fully saturated rings. The van der Waals surface area contributed by atoms with E-state index in [1.165, 1.54) is 0 Å². The van der Waals surface area contributed by atoms with Gasteiger partial charge in [0.1, 0.15) is 15.4 Å². The largest absolute Gasteiger partial charge is 0.467 e. The van der Waals surface area contributed by atoms with Gasteiger partial charge in [-0.3, -0.25) is 0 Å². The maximum atomic E-state index is 11.2. The van der Waals surface area contributed by atoms with Crippen LogP contribution in [-0.2, 0) is 19.0 Å². The molecule has 0 saturated carbocycles. The molecule has 0 rings (SSSR count). The lowest BCUT2D eigenvalue weighted by Crippen LogP contribution is -2.29. The van der Waals surface area contributed by atoms with Crippen molar-refractivity contribution in [3.8, 4) is 0 Å². The third kappa shape index (κ3) is 9.09. The molecule has 0 aromatic rings. The van der Waals surface area contributed by atoms with Crippen LogP contribution in [0.1, 0.15) is 33.6 Å². The van der Waals surface area contributed by atoms with Crippen LogP contribution in [0.3, 0.4) is 0 Å². The minimum atomic E-state index is -0.719. The van der Waals surface area contributed by atoms with E-state index in [1.54, 1.807) is 6.92 Å². The second kappa shape index (κ2) is 10.5. The quantitative estimate of drug-likeness (QED) is 0.257. The fourth-order valence-corrected chi connectivity index (χ4v) is 2.25. The Kier molecular flexibility index (Phi) is 10.1. The van der Waals surface area contributed by atoms with Crippen LogP contribution in [-0.4, -0.2) is 40.8 Å². The van der Waals surface area contributed by atoms with Gasteiger partial charge >= 0.3 is 5.97 Å². The smallest absolute Gasteiger partial charge is 0.332 e. The molecule has 0 spiro atoms. The normalized spacial score (nSPS) is 11.3. The Morgan fingerprint density at radius 1 is 1.24 bits per heavy atom. The lowest BCUT2D eigenvalue weighted by atomic mass is 10.4. The Balaban J connectivity index is 3.81. The zero-order valence-electron chi connectivity index (χ0n) is 11.2. The van der Waals surface area contributed by atoms with Crippen molar-refractivity contribution in [2.75, 3.05) is 19.4 Å². The van der Waals surface area contributed by atoms with Crippen molar-refractivity contribution in [1.82, 2.24) is 0 Å². The molecule has 0 radical (unpaired) electrons. The number of esters is 1. The van der Waals surface area contributed by atoms with Gasteiger partial charge in [-0.2, -0.15) is 0 Å². The molecule has 0 aliphatic rings. The number of hydrogen-bond acceptors (Lipinski definition) is 4.